The van der Waals surface area contributed by atoms with Crippen LogP contribution in [0.3, 0.4) is 0 Å². The van der Waals surface area contributed by atoms with Crippen molar-refractivity contribution in [1.29, 1.82) is 0 Å². The molecule has 0 spiro atoms. The molecule has 3 heteroatoms. The summed E-state index contributed by atoms with van der Waals surface area (Å²) >= 11 is 0. The zero-order valence-corrected chi connectivity index (χ0v) is 10.2. The minimum Gasteiger partial charge on any atom is -0.150 e. The molecule has 19 heavy (non-hydrogen) atoms. The fourth-order valence-corrected chi connectivity index (χ4v) is 2.33. The number of rotatable bonds is 1. The van der Waals surface area contributed by atoms with Crippen molar-refractivity contribution in [3.05, 3.63) is 66.7 Å². The number of para-hydroxylation sites is 1. The minimum atomic E-state index is 0.919. The SMILES string of the molecule is c1ccc(-n2nc3ccc4ccccc4c3n2)cc1. The first-order valence-corrected chi connectivity index (χ1v) is 6.22. The molecular formula is C16H11N3. The van der Waals surface area contributed by atoms with Crippen LogP contribution >= 0.6 is 0 Å². The normalized spacial score (nSPS) is 11.2. The van der Waals surface area contributed by atoms with Gasteiger partial charge in [-0.25, -0.2) is 0 Å². The van der Waals surface area contributed by atoms with E-state index in [4.69, 9.17) is 0 Å². The quantitative estimate of drug-likeness (QED) is 0.513. The Hall–Kier alpha value is -2.68. The van der Waals surface area contributed by atoms with Crippen LogP contribution in [0, 0.1) is 0 Å². The number of fused-ring (bicyclic) bond motifs is 3. The van der Waals surface area contributed by atoms with Gasteiger partial charge in [-0.3, -0.25) is 0 Å². The third-order valence-electron chi connectivity index (χ3n) is 3.26. The lowest BCUT2D eigenvalue weighted by Gasteiger charge is -1.96. The van der Waals surface area contributed by atoms with E-state index in [2.05, 4.69) is 28.4 Å². The van der Waals surface area contributed by atoms with Crippen molar-refractivity contribution in [3.63, 3.8) is 0 Å². The zero-order valence-electron chi connectivity index (χ0n) is 10.2. The number of nitrogens with zero attached hydrogens (tertiary/aromatic N) is 3. The summed E-state index contributed by atoms with van der Waals surface area (Å²) in [6.45, 7) is 0. The summed E-state index contributed by atoms with van der Waals surface area (Å²) in [4.78, 5) is 1.69. The summed E-state index contributed by atoms with van der Waals surface area (Å²) in [5, 5.41) is 11.5. The van der Waals surface area contributed by atoms with Gasteiger partial charge in [0.15, 0.2) is 0 Å². The van der Waals surface area contributed by atoms with Crippen molar-refractivity contribution >= 4 is 21.8 Å². The van der Waals surface area contributed by atoms with Crippen LogP contribution in [0.5, 0.6) is 0 Å². The van der Waals surface area contributed by atoms with Crippen molar-refractivity contribution in [2.45, 2.75) is 0 Å². The Bertz CT molecular complexity index is 863. The molecule has 0 aliphatic heterocycles. The predicted molar refractivity (Wildman–Crippen MR) is 76.4 cm³/mol. The van der Waals surface area contributed by atoms with Crippen LogP contribution < -0.4 is 0 Å². The molecule has 4 aromatic rings. The molecule has 0 bridgehead atoms. The molecule has 3 nitrogen and oxygen atoms in total. The molecule has 0 atom stereocenters. The maximum absolute atomic E-state index is 4.62. The highest BCUT2D eigenvalue weighted by molar-refractivity contribution is 6.03. The average molecular weight is 245 g/mol. The van der Waals surface area contributed by atoms with E-state index in [1.807, 2.05) is 48.5 Å². The van der Waals surface area contributed by atoms with Gasteiger partial charge in [0.25, 0.3) is 0 Å². The molecule has 1 heterocycles. The summed E-state index contributed by atoms with van der Waals surface area (Å²) in [7, 11) is 0. The molecule has 0 N–H and O–H groups in total. The largest absolute Gasteiger partial charge is 0.150 e. The molecule has 0 amide bonds. The van der Waals surface area contributed by atoms with Gasteiger partial charge in [0.2, 0.25) is 0 Å². The third-order valence-corrected chi connectivity index (χ3v) is 3.26. The highest BCUT2D eigenvalue weighted by Crippen LogP contribution is 2.23. The van der Waals surface area contributed by atoms with Gasteiger partial charge in [-0.15, -0.1) is 10.2 Å². The fraction of sp³-hybridized carbons (Fsp3) is 0. The van der Waals surface area contributed by atoms with E-state index in [1.54, 1.807) is 4.80 Å². The van der Waals surface area contributed by atoms with E-state index in [9.17, 15) is 0 Å². The van der Waals surface area contributed by atoms with E-state index >= 15 is 0 Å². The van der Waals surface area contributed by atoms with Crippen molar-refractivity contribution in [2.75, 3.05) is 0 Å². The lowest BCUT2D eigenvalue weighted by Crippen LogP contribution is -1.97. The molecular weight excluding hydrogens is 234 g/mol. The van der Waals surface area contributed by atoms with E-state index in [-0.39, 0.29) is 0 Å². The van der Waals surface area contributed by atoms with Crippen molar-refractivity contribution in [3.8, 4) is 5.69 Å². The molecule has 0 saturated heterocycles. The van der Waals surface area contributed by atoms with Crippen LogP contribution in [0.15, 0.2) is 66.7 Å². The monoisotopic (exact) mass is 245 g/mol. The van der Waals surface area contributed by atoms with Crippen molar-refractivity contribution in [1.82, 2.24) is 15.0 Å². The molecule has 1 aromatic heterocycles. The van der Waals surface area contributed by atoms with Crippen LogP contribution in [0.2, 0.25) is 0 Å². The summed E-state index contributed by atoms with van der Waals surface area (Å²) in [5.41, 5.74) is 2.84. The molecule has 90 valence electrons. The fourth-order valence-electron chi connectivity index (χ4n) is 2.33. The second-order valence-corrected chi connectivity index (χ2v) is 4.48. The first-order chi connectivity index (χ1) is 9.42. The topological polar surface area (TPSA) is 30.7 Å². The predicted octanol–water partition coefficient (Wildman–Crippen LogP) is 3.57. The number of benzene rings is 3. The average Bonchev–Trinajstić information content (AvgIpc) is 2.93. The Morgan fingerprint density at radius 1 is 0.684 bits per heavy atom. The second-order valence-electron chi connectivity index (χ2n) is 4.48. The van der Waals surface area contributed by atoms with Crippen LogP contribution in [-0.2, 0) is 0 Å². The standard InChI is InChI=1S/C16H11N3/c1-2-7-13(8-3-1)19-17-15-11-10-12-6-4-5-9-14(12)16(15)18-19/h1-11H. The first-order valence-electron chi connectivity index (χ1n) is 6.22. The highest BCUT2D eigenvalue weighted by Gasteiger charge is 2.07. The molecule has 3 aromatic carbocycles. The van der Waals surface area contributed by atoms with E-state index in [0.29, 0.717) is 0 Å². The van der Waals surface area contributed by atoms with E-state index in [0.717, 1.165) is 22.1 Å². The highest BCUT2D eigenvalue weighted by atomic mass is 15.5. The van der Waals surface area contributed by atoms with Gasteiger partial charge in [0.1, 0.15) is 11.0 Å². The summed E-state index contributed by atoms with van der Waals surface area (Å²) < 4.78 is 0. The van der Waals surface area contributed by atoms with Crippen molar-refractivity contribution in [2.24, 2.45) is 0 Å². The smallest absolute Gasteiger partial charge is 0.121 e. The summed E-state index contributed by atoms with van der Waals surface area (Å²) in [6, 6.07) is 22.3. The summed E-state index contributed by atoms with van der Waals surface area (Å²) in [5.74, 6) is 0. The van der Waals surface area contributed by atoms with Gasteiger partial charge >= 0.3 is 0 Å². The third kappa shape index (κ3) is 1.59. The molecule has 4 rings (SSSR count). The second kappa shape index (κ2) is 3.92. The van der Waals surface area contributed by atoms with Gasteiger partial charge in [-0.1, -0.05) is 48.5 Å². The zero-order chi connectivity index (χ0) is 12.7. The van der Waals surface area contributed by atoms with Gasteiger partial charge in [-0.05, 0) is 23.6 Å². The lowest BCUT2D eigenvalue weighted by molar-refractivity contribution is 0.766. The van der Waals surface area contributed by atoms with Gasteiger partial charge in [0.05, 0.1) is 5.69 Å². The maximum atomic E-state index is 4.62. The maximum Gasteiger partial charge on any atom is 0.121 e. The van der Waals surface area contributed by atoms with Gasteiger partial charge < -0.3 is 0 Å². The van der Waals surface area contributed by atoms with Crippen LogP contribution in [0.25, 0.3) is 27.5 Å². The van der Waals surface area contributed by atoms with Gasteiger partial charge in [-0.2, -0.15) is 4.80 Å². The van der Waals surface area contributed by atoms with Crippen molar-refractivity contribution < 1.29 is 0 Å². The molecule has 0 aliphatic carbocycles. The van der Waals surface area contributed by atoms with Crippen LogP contribution in [0.1, 0.15) is 0 Å². The van der Waals surface area contributed by atoms with Gasteiger partial charge in [0, 0.05) is 5.39 Å². The van der Waals surface area contributed by atoms with E-state index in [1.165, 1.54) is 5.39 Å². The molecule has 0 saturated carbocycles. The Morgan fingerprint density at radius 2 is 1.47 bits per heavy atom. The number of aromatic nitrogens is 3. The molecule has 0 unspecified atom stereocenters. The first kappa shape index (κ1) is 10.3. The minimum absolute atomic E-state index is 0.919. The van der Waals surface area contributed by atoms with E-state index < -0.39 is 0 Å². The molecule has 0 aliphatic rings. The number of hydrogen-bond donors (Lipinski definition) is 0. The summed E-state index contributed by atoms with van der Waals surface area (Å²) in [6.07, 6.45) is 0. The lowest BCUT2D eigenvalue weighted by atomic mass is 10.1. The van der Waals surface area contributed by atoms with Crippen LogP contribution in [-0.4, -0.2) is 15.0 Å². The molecule has 0 radical (unpaired) electrons. The molecule has 0 fully saturated rings. The number of hydrogen-bond acceptors (Lipinski definition) is 2. The Kier molecular flexibility index (Phi) is 2.12. The Labute approximate surface area is 110 Å². The Balaban J connectivity index is 2.04. The van der Waals surface area contributed by atoms with Crippen LogP contribution in [0.4, 0.5) is 0 Å². The Morgan fingerprint density at radius 3 is 2.37 bits per heavy atom.